The Morgan fingerprint density at radius 1 is 1.71 bits per heavy atom. The van der Waals surface area contributed by atoms with Crippen LogP contribution in [-0.2, 0) is 4.74 Å². The molecule has 3 nitrogen and oxygen atoms in total. The topological polar surface area (TPSA) is 44.3 Å². The lowest BCUT2D eigenvalue weighted by Gasteiger charge is -2.04. The number of rotatable bonds is 4. The number of hydroxylamine groups is 1. The van der Waals surface area contributed by atoms with Crippen LogP contribution in [0.3, 0.4) is 0 Å². The van der Waals surface area contributed by atoms with Gasteiger partial charge in [0.1, 0.15) is 0 Å². The van der Waals surface area contributed by atoms with Gasteiger partial charge in [0.2, 0.25) is 0 Å². The van der Waals surface area contributed by atoms with Crippen molar-refractivity contribution in [1.82, 2.24) is 5.48 Å². The molecule has 0 aromatic heterocycles. The normalized spacial score (nSPS) is 9.43. The molecular weight excluding hydrogens is 94.0 g/mol. The Bertz CT molecular complexity index is 28.9. The van der Waals surface area contributed by atoms with Gasteiger partial charge in [-0.05, 0) is 13.0 Å². The van der Waals surface area contributed by atoms with E-state index in [-0.39, 0.29) is 0 Å². The van der Waals surface area contributed by atoms with Gasteiger partial charge in [-0.2, -0.15) is 0 Å². The maximum absolute atomic E-state index is 9.50. The second-order valence-electron chi connectivity index (χ2n) is 1.24. The van der Waals surface area contributed by atoms with Gasteiger partial charge < -0.3 is 15.4 Å². The van der Waals surface area contributed by atoms with E-state index in [0.29, 0.717) is 13.2 Å². The fraction of sp³-hybridized carbons (Fsp3) is 1.00. The molecule has 0 heterocycles. The van der Waals surface area contributed by atoms with Crippen molar-refractivity contribution in [2.45, 2.75) is 6.42 Å². The van der Waals surface area contributed by atoms with Crippen molar-refractivity contribution in [3.63, 3.8) is 0 Å². The van der Waals surface area contributed by atoms with Crippen molar-refractivity contribution in [1.29, 1.82) is 0 Å². The SMILES string of the molecule is COCCCN[O-]. The lowest BCUT2D eigenvalue weighted by Crippen LogP contribution is -2.07. The molecule has 0 unspecified atom stereocenters. The van der Waals surface area contributed by atoms with Crippen LogP contribution in [0.5, 0.6) is 0 Å². The number of ether oxygens (including phenoxy) is 1. The molecule has 0 rings (SSSR count). The summed E-state index contributed by atoms with van der Waals surface area (Å²) in [5.41, 5.74) is 1.77. The Morgan fingerprint density at radius 3 is 2.86 bits per heavy atom. The summed E-state index contributed by atoms with van der Waals surface area (Å²) in [7, 11) is 1.62. The first kappa shape index (κ1) is 6.88. The predicted molar refractivity (Wildman–Crippen MR) is 27.9 cm³/mol. The zero-order valence-corrected chi connectivity index (χ0v) is 4.44. The van der Waals surface area contributed by atoms with Gasteiger partial charge in [0.15, 0.2) is 0 Å². The van der Waals surface area contributed by atoms with Gasteiger partial charge in [-0.3, -0.25) is 0 Å². The Kier molecular flexibility index (Phi) is 5.78. The van der Waals surface area contributed by atoms with E-state index in [1.807, 2.05) is 0 Å². The average Bonchev–Trinajstić information content (AvgIpc) is 1.69. The quantitative estimate of drug-likeness (QED) is 0.406. The largest absolute Gasteiger partial charge is 0.788 e. The van der Waals surface area contributed by atoms with Crippen LogP contribution in [0, 0.1) is 5.21 Å². The summed E-state index contributed by atoms with van der Waals surface area (Å²) < 4.78 is 4.66. The fourth-order valence-electron chi connectivity index (χ4n) is 0.289. The summed E-state index contributed by atoms with van der Waals surface area (Å²) in [6.45, 7) is 1.16. The standard InChI is InChI=1S/C4H10NO2/c1-7-4-2-3-5-6/h5H,2-4H2,1H3/q-1. The third-order valence-electron chi connectivity index (χ3n) is 0.627. The molecule has 7 heavy (non-hydrogen) atoms. The van der Waals surface area contributed by atoms with Crippen molar-refractivity contribution in [2.75, 3.05) is 20.3 Å². The Hall–Kier alpha value is -0.120. The molecule has 0 saturated carbocycles. The maximum Gasteiger partial charge on any atom is 0.0474 e. The van der Waals surface area contributed by atoms with E-state index in [4.69, 9.17) is 0 Å². The van der Waals surface area contributed by atoms with Crippen LogP contribution in [-0.4, -0.2) is 20.3 Å². The van der Waals surface area contributed by atoms with Crippen LogP contribution in [0.4, 0.5) is 0 Å². The molecule has 0 bridgehead atoms. The van der Waals surface area contributed by atoms with Crippen molar-refractivity contribution in [3.05, 3.63) is 5.21 Å². The van der Waals surface area contributed by atoms with Crippen molar-refractivity contribution >= 4 is 0 Å². The molecule has 1 N–H and O–H groups in total. The third-order valence-corrected chi connectivity index (χ3v) is 0.627. The Balaban J connectivity index is 2.45. The molecule has 0 aromatic carbocycles. The van der Waals surface area contributed by atoms with Crippen LogP contribution in [0.1, 0.15) is 6.42 Å². The van der Waals surface area contributed by atoms with E-state index in [1.54, 1.807) is 12.6 Å². The second-order valence-corrected chi connectivity index (χ2v) is 1.24. The maximum atomic E-state index is 9.50. The van der Waals surface area contributed by atoms with E-state index in [2.05, 4.69) is 4.74 Å². The average molecular weight is 104 g/mol. The third kappa shape index (κ3) is 5.88. The Labute approximate surface area is 43.2 Å². The summed E-state index contributed by atoms with van der Waals surface area (Å²) in [5, 5.41) is 9.50. The molecule has 0 saturated heterocycles. The molecule has 0 aliphatic rings. The summed E-state index contributed by atoms with van der Waals surface area (Å²) in [4.78, 5) is 0. The van der Waals surface area contributed by atoms with Crippen molar-refractivity contribution in [3.8, 4) is 0 Å². The molecule has 0 fully saturated rings. The monoisotopic (exact) mass is 104 g/mol. The molecule has 0 amide bonds. The Morgan fingerprint density at radius 2 is 2.43 bits per heavy atom. The highest BCUT2D eigenvalue weighted by Gasteiger charge is 1.76. The summed E-state index contributed by atoms with van der Waals surface area (Å²) in [6.07, 6.45) is 0.792. The van der Waals surface area contributed by atoms with Crippen LogP contribution >= 0.6 is 0 Å². The van der Waals surface area contributed by atoms with Gasteiger partial charge in [-0.25, -0.2) is 0 Å². The molecule has 3 heteroatoms. The second kappa shape index (κ2) is 5.88. The molecule has 0 aromatic rings. The van der Waals surface area contributed by atoms with Gasteiger partial charge in [-0.1, -0.05) is 0 Å². The van der Waals surface area contributed by atoms with E-state index in [9.17, 15) is 5.21 Å². The van der Waals surface area contributed by atoms with E-state index >= 15 is 0 Å². The van der Waals surface area contributed by atoms with Crippen molar-refractivity contribution < 1.29 is 4.74 Å². The molecule has 0 aliphatic heterocycles. The summed E-state index contributed by atoms with van der Waals surface area (Å²) >= 11 is 0. The first-order chi connectivity index (χ1) is 3.41. The van der Waals surface area contributed by atoms with Crippen LogP contribution < -0.4 is 5.48 Å². The summed E-state index contributed by atoms with van der Waals surface area (Å²) in [6, 6.07) is 0. The lowest BCUT2D eigenvalue weighted by molar-refractivity contribution is 0.195. The van der Waals surface area contributed by atoms with Crippen LogP contribution in [0.15, 0.2) is 0 Å². The molecule has 0 radical (unpaired) electrons. The number of methoxy groups -OCH3 is 1. The highest BCUT2D eigenvalue weighted by molar-refractivity contribution is 4.42. The van der Waals surface area contributed by atoms with E-state index < -0.39 is 0 Å². The summed E-state index contributed by atoms with van der Waals surface area (Å²) in [5.74, 6) is 0. The number of nitrogens with one attached hydrogen (secondary N) is 1. The van der Waals surface area contributed by atoms with Gasteiger partial charge in [-0.15, -0.1) is 0 Å². The lowest BCUT2D eigenvalue weighted by atomic mass is 10.5. The number of hydrogen-bond donors (Lipinski definition) is 1. The highest BCUT2D eigenvalue weighted by atomic mass is 16.5. The van der Waals surface area contributed by atoms with Crippen LogP contribution in [0.25, 0.3) is 0 Å². The van der Waals surface area contributed by atoms with E-state index in [1.165, 1.54) is 0 Å². The van der Waals surface area contributed by atoms with Gasteiger partial charge >= 0.3 is 0 Å². The first-order valence-electron chi connectivity index (χ1n) is 2.25. The zero-order valence-electron chi connectivity index (χ0n) is 4.44. The smallest absolute Gasteiger partial charge is 0.0474 e. The first-order valence-corrected chi connectivity index (χ1v) is 2.25. The molecular formula is C4H10NO2-. The van der Waals surface area contributed by atoms with E-state index in [0.717, 1.165) is 6.42 Å². The van der Waals surface area contributed by atoms with Gasteiger partial charge in [0.05, 0.1) is 0 Å². The van der Waals surface area contributed by atoms with Gasteiger partial charge in [0, 0.05) is 13.7 Å². The van der Waals surface area contributed by atoms with Crippen molar-refractivity contribution in [2.24, 2.45) is 0 Å². The van der Waals surface area contributed by atoms with Gasteiger partial charge in [0.25, 0.3) is 0 Å². The minimum absolute atomic E-state index is 0.494. The van der Waals surface area contributed by atoms with Crippen LogP contribution in [0.2, 0.25) is 0 Å². The molecule has 0 atom stereocenters. The minimum Gasteiger partial charge on any atom is -0.788 e. The molecule has 0 spiro atoms. The zero-order chi connectivity index (χ0) is 5.54. The molecule has 0 aliphatic carbocycles. The highest BCUT2D eigenvalue weighted by Crippen LogP contribution is 1.73. The minimum atomic E-state index is 0.494. The fourth-order valence-corrected chi connectivity index (χ4v) is 0.289. The number of hydrogen-bond acceptors (Lipinski definition) is 3. The molecule has 44 valence electrons. The predicted octanol–water partition coefficient (Wildman–Crippen LogP) is 0.110.